The van der Waals surface area contributed by atoms with Gasteiger partial charge >= 0.3 is 0 Å². The first-order valence-electron chi connectivity index (χ1n) is 7.64. The van der Waals surface area contributed by atoms with Crippen molar-refractivity contribution in [3.8, 4) is 0 Å². The number of thiophene rings is 1. The molecule has 0 aromatic carbocycles. The van der Waals surface area contributed by atoms with Gasteiger partial charge in [-0.05, 0) is 11.4 Å². The van der Waals surface area contributed by atoms with Crippen LogP contribution in [-0.2, 0) is 9.47 Å². The molecule has 2 heterocycles. The highest BCUT2D eigenvalue weighted by molar-refractivity contribution is 7.12. The molecule has 2 N–H and O–H groups in total. The molecule has 1 saturated heterocycles. The molecule has 0 bridgehead atoms. The summed E-state index contributed by atoms with van der Waals surface area (Å²) < 4.78 is 10.5. The van der Waals surface area contributed by atoms with Crippen LogP contribution >= 0.6 is 11.3 Å². The molecule has 22 heavy (non-hydrogen) atoms. The van der Waals surface area contributed by atoms with Crippen LogP contribution in [-0.4, -0.2) is 58.4 Å². The zero-order valence-electron chi connectivity index (χ0n) is 13.0. The lowest BCUT2D eigenvalue weighted by molar-refractivity contribution is -0.885. The number of rotatable bonds is 7. The maximum atomic E-state index is 12.1. The normalized spacial score (nSPS) is 16.0. The molecule has 0 spiro atoms. The number of carbonyl (C=O) groups excluding carboxylic acids is 1. The van der Waals surface area contributed by atoms with Gasteiger partial charge in [0.1, 0.15) is 6.61 Å². The Labute approximate surface area is 135 Å². The molecule has 1 aromatic rings. The fourth-order valence-corrected chi connectivity index (χ4v) is 2.97. The van der Waals surface area contributed by atoms with E-state index in [-0.39, 0.29) is 11.9 Å². The van der Waals surface area contributed by atoms with Crippen molar-refractivity contribution >= 4 is 23.3 Å². The van der Waals surface area contributed by atoms with Gasteiger partial charge < -0.3 is 14.4 Å². The van der Waals surface area contributed by atoms with Crippen LogP contribution in [0.1, 0.15) is 22.5 Å². The lowest BCUT2D eigenvalue weighted by atomic mass is 10.4. The molecular weight excluding hydrogens is 302 g/mol. The molecule has 1 aliphatic rings. The predicted octanol–water partition coefficient (Wildman–Crippen LogP) is 0.176. The van der Waals surface area contributed by atoms with Gasteiger partial charge in [0, 0.05) is 20.0 Å². The number of likely N-dealkylation sites (tertiary alicyclic amines) is 1. The summed E-state index contributed by atoms with van der Waals surface area (Å²) in [5.74, 6) is -0.181. The Morgan fingerprint density at radius 3 is 2.91 bits per heavy atom. The van der Waals surface area contributed by atoms with E-state index in [9.17, 15) is 4.79 Å². The molecule has 1 amide bonds. The third-order valence-electron chi connectivity index (χ3n) is 3.52. The molecule has 1 fully saturated rings. The first-order valence-corrected chi connectivity index (χ1v) is 8.52. The number of carbonyl (C=O) groups is 1. The van der Waals surface area contributed by atoms with Gasteiger partial charge in [-0.15, -0.1) is 11.3 Å². The maximum absolute atomic E-state index is 12.1. The standard InChI is InChI=1S/C15H23N3O3S/c1-20-10-11-21-15(16-6-9-18-7-2-3-8-18)17-14(19)13-5-4-12-22-13/h4-5,12H,2-3,6-11H2,1H3,(H,16,17,19)/p+1. The van der Waals surface area contributed by atoms with Crippen LogP contribution in [0.2, 0.25) is 0 Å². The van der Waals surface area contributed by atoms with Crippen LogP contribution in [0.3, 0.4) is 0 Å². The molecular formula is C15H24N3O3S+. The fourth-order valence-electron chi connectivity index (χ4n) is 2.35. The minimum atomic E-state index is -0.181. The molecule has 6 nitrogen and oxygen atoms in total. The molecule has 0 atom stereocenters. The Morgan fingerprint density at radius 2 is 2.23 bits per heavy atom. The molecule has 0 aliphatic carbocycles. The first-order chi connectivity index (χ1) is 10.8. The van der Waals surface area contributed by atoms with Crippen LogP contribution in [0, 0.1) is 0 Å². The number of aliphatic imine (C=N–C) groups is 1. The van der Waals surface area contributed by atoms with Gasteiger partial charge in [0.2, 0.25) is 0 Å². The highest BCUT2D eigenvalue weighted by atomic mass is 32.1. The highest BCUT2D eigenvalue weighted by Gasteiger charge is 2.15. The summed E-state index contributed by atoms with van der Waals surface area (Å²) in [6.07, 6.45) is 2.59. The molecule has 0 saturated carbocycles. The summed E-state index contributed by atoms with van der Waals surface area (Å²) in [5, 5.41) is 4.61. The third kappa shape index (κ3) is 5.75. The maximum Gasteiger partial charge on any atom is 0.292 e. The van der Waals surface area contributed by atoms with Gasteiger partial charge in [-0.1, -0.05) is 6.07 Å². The SMILES string of the molecule is COCCOC(=NCC[NH+]1CCCC1)NC(=O)c1cccs1. The van der Waals surface area contributed by atoms with E-state index >= 15 is 0 Å². The van der Waals surface area contributed by atoms with E-state index in [0.717, 1.165) is 6.54 Å². The fraction of sp³-hybridized carbons (Fsp3) is 0.600. The van der Waals surface area contributed by atoms with Crippen LogP contribution in [0.4, 0.5) is 0 Å². The number of quaternary nitrogens is 1. The Balaban J connectivity index is 1.84. The molecule has 122 valence electrons. The van der Waals surface area contributed by atoms with Crippen molar-refractivity contribution in [2.45, 2.75) is 12.8 Å². The number of amidine groups is 1. The van der Waals surface area contributed by atoms with Crippen molar-refractivity contribution in [1.82, 2.24) is 5.32 Å². The van der Waals surface area contributed by atoms with Crippen molar-refractivity contribution in [2.24, 2.45) is 4.99 Å². The highest BCUT2D eigenvalue weighted by Crippen LogP contribution is 2.07. The second kappa shape index (κ2) is 9.55. The zero-order chi connectivity index (χ0) is 15.6. The molecule has 2 rings (SSSR count). The summed E-state index contributed by atoms with van der Waals surface area (Å²) >= 11 is 1.39. The van der Waals surface area contributed by atoms with Gasteiger partial charge in [-0.2, -0.15) is 0 Å². The van der Waals surface area contributed by atoms with Crippen molar-refractivity contribution < 1.29 is 19.2 Å². The summed E-state index contributed by atoms with van der Waals surface area (Å²) in [5.41, 5.74) is 0. The molecule has 1 aliphatic heterocycles. The quantitative estimate of drug-likeness (QED) is 0.427. The summed E-state index contributed by atoms with van der Waals surface area (Å²) in [4.78, 5) is 18.7. The number of nitrogens with one attached hydrogen (secondary N) is 2. The summed E-state index contributed by atoms with van der Waals surface area (Å²) in [6, 6.07) is 3.91. The molecule has 1 aromatic heterocycles. The van der Waals surface area contributed by atoms with E-state index in [1.807, 2.05) is 11.4 Å². The van der Waals surface area contributed by atoms with Crippen molar-refractivity contribution in [1.29, 1.82) is 0 Å². The van der Waals surface area contributed by atoms with Crippen molar-refractivity contribution in [3.05, 3.63) is 22.4 Å². The topological polar surface area (TPSA) is 64.4 Å². The Hall–Kier alpha value is -1.44. The van der Waals surface area contributed by atoms with Gasteiger partial charge in [-0.3, -0.25) is 10.1 Å². The van der Waals surface area contributed by atoms with E-state index in [4.69, 9.17) is 9.47 Å². The lowest BCUT2D eigenvalue weighted by Crippen LogP contribution is -3.10. The van der Waals surface area contributed by atoms with E-state index in [1.54, 1.807) is 18.1 Å². The molecule has 0 radical (unpaired) electrons. The van der Waals surface area contributed by atoms with Crippen molar-refractivity contribution in [3.63, 3.8) is 0 Å². The van der Waals surface area contributed by atoms with Crippen LogP contribution < -0.4 is 10.2 Å². The average Bonchev–Trinajstić information content (AvgIpc) is 3.20. The van der Waals surface area contributed by atoms with Crippen molar-refractivity contribution in [2.75, 3.05) is 46.5 Å². The Kier molecular flexibility index (Phi) is 7.35. The number of amides is 1. The zero-order valence-corrected chi connectivity index (χ0v) is 13.8. The largest absolute Gasteiger partial charge is 0.463 e. The number of nitrogens with zero attached hydrogens (tertiary/aromatic N) is 1. The number of hydrogen-bond donors (Lipinski definition) is 2. The second-order valence-corrected chi connectivity index (χ2v) is 6.11. The van der Waals surface area contributed by atoms with E-state index in [1.165, 1.54) is 37.3 Å². The van der Waals surface area contributed by atoms with Gasteiger partial charge in [0.15, 0.2) is 0 Å². The lowest BCUT2D eigenvalue weighted by Gasteiger charge is -2.12. The number of methoxy groups -OCH3 is 1. The van der Waals surface area contributed by atoms with E-state index in [2.05, 4.69) is 10.3 Å². The Bertz CT molecular complexity index is 470. The van der Waals surface area contributed by atoms with Crippen LogP contribution in [0.5, 0.6) is 0 Å². The summed E-state index contributed by atoms with van der Waals surface area (Å²) in [6.45, 7) is 4.91. The molecule has 7 heteroatoms. The van der Waals surface area contributed by atoms with Gasteiger partial charge in [0.25, 0.3) is 11.9 Å². The van der Waals surface area contributed by atoms with Crippen LogP contribution in [0.15, 0.2) is 22.5 Å². The smallest absolute Gasteiger partial charge is 0.292 e. The van der Waals surface area contributed by atoms with Gasteiger partial charge in [-0.25, -0.2) is 4.99 Å². The van der Waals surface area contributed by atoms with E-state index in [0.29, 0.717) is 24.6 Å². The minimum absolute atomic E-state index is 0.181. The monoisotopic (exact) mass is 326 g/mol. The van der Waals surface area contributed by atoms with Crippen LogP contribution in [0.25, 0.3) is 0 Å². The third-order valence-corrected chi connectivity index (χ3v) is 4.39. The number of ether oxygens (including phenoxy) is 2. The Morgan fingerprint density at radius 1 is 1.41 bits per heavy atom. The van der Waals surface area contributed by atoms with E-state index < -0.39 is 0 Å². The average molecular weight is 326 g/mol. The minimum Gasteiger partial charge on any atom is -0.463 e. The second-order valence-electron chi connectivity index (χ2n) is 5.17. The predicted molar refractivity (Wildman–Crippen MR) is 86.7 cm³/mol. The van der Waals surface area contributed by atoms with Gasteiger partial charge in [0.05, 0.1) is 37.7 Å². The summed E-state index contributed by atoms with van der Waals surface area (Å²) in [7, 11) is 1.61. The molecule has 0 unspecified atom stereocenters. The first kappa shape index (κ1) is 16.9. The number of hydrogen-bond acceptors (Lipinski definition) is 5.